The third-order valence-corrected chi connectivity index (χ3v) is 6.46. The molecule has 43 heavy (non-hydrogen) atoms. The lowest BCUT2D eigenvalue weighted by atomic mass is 10.0. The number of benzene rings is 2. The van der Waals surface area contributed by atoms with Crippen molar-refractivity contribution in [3.8, 4) is 0 Å². The van der Waals surface area contributed by atoms with Crippen LogP contribution in [0.3, 0.4) is 0 Å². The van der Waals surface area contributed by atoms with E-state index in [-0.39, 0.29) is 19.6 Å². The molecule has 2 aromatic carbocycles. The minimum absolute atomic E-state index is 0.00792. The van der Waals surface area contributed by atoms with Crippen LogP contribution in [0.2, 0.25) is 0 Å². The highest BCUT2D eigenvalue weighted by molar-refractivity contribution is 5.91. The van der Waals surface area contributed by atoms with Crippen molar-refractivity contribution >= 4 is 30.0 Å². The summed E-state index contributed by atoms with van der Waals surface area (Å²) in [5.74, 6) is -3.55. The molecule has 4 atom stereocenters. The lowest BCUT2D eigenvalue weighted by Crippen LogP contribution is -2.52. The zero-order valence-corrected chi connectivity index (χ0v) is 24.9. The number of hydroxylamine groups is 2. The second kappa shape index (κ2) is 18.3. The first-order chi connectivity index (χ1) is 20.6. The minimum atomic E-state index is -1.77. The summed E-state index contributed by atoms with van der Waals surface area (Å²) in [5.41, 5.74) is 1.85. The third-order valence-electron chi connectivity index (χ3n) is 6.46. The molecule has 0 aliphatic heterocycles. The summed E-state index contributed by atoms with van der Waals surface area (Å²) >= 11 is 0. The van der Waals surface area contributed by atoms with Gasteiger partial charge >= 0.3 is 30.0 Å². The van der Waals surface area contributed by atoms with Crippen molar-refractivity contribution in [3.63, 3.8) is 0 Å². The third kappa shape index (κ3) is 11.8. The number of esters is 4. The molecule has 0 fully saturated rings. The Balaban J connectivity index is 2.14. The normalized spacial score (nSPS) is 13.7. The molecule has 12 heteroatoms. The van der Waals surface area contributed by atoms with Gasteiger partial charge in [-0.15, -0.1) is 5.06 Å². The van der Waals surface area contributed by atoms with E-state index in [2.05, 4.69) is 5.32 Å². The van der Waals surface area contributed by atoms with Crippen LogP contribution in [0.5, 0.6) is 0 Å². The van der Waals surface area contributed by atoms with E-state index >= 15 is 0 Å². The molecule has 0 amide bonds. The van der Waals surface area contributed by atoms with Crippen LogP contribution < -0.4 is 5.32 Å². The standard InChI is InChI=1S/C31H40N2O10/c1-5-40-29(36)25(19-17-23-13-9-7-10-14-23)32-21(3)27(34)42-28(35)22(4)33(43-31(38)39)26(30(37)41-6-2)20-18-24-15-11-8-12-16-24/h7-16,21-22,25-26,32H,5-6,17-20H2,1-4H3,(H,38,39)/t21-,22-,25-,26-/m0/s1. The largest absolute Gasteiger partial charge is 0.525 e. The van der Waals surface area contributed by atoms with E-state index in [1.807, 2.05) is 60.7 Å². The number of nitrogens with one attached hydrogen (secondary N) is 1. The van der Waals surface area contributed by atoms with Crippen molar-refractivity contribution in [2.24, 2.45) is 0 Å². The Bertz CT molecular complexity index is 1190. The minimum Gasteiger partial charge on any atom is -0.465 e. The molecule has 2 aromatic rings. The molecule has 0 aromatic heterocycles. The lowest BCUT2D eigenvalue weighted by Gasteiger charge is -2.31. The molecule has 2 N–H and O–H groups in total. The molecule has 2 rings (SSSR count). The molecule has 0 saturated carbocycles. The molecular weight excluding hydrogens is 560 g/mol. The summed E-state index contributed by atoms with van der Waals surface area (Å²) in [6.45, 7) is 6.06. The van der Waals surface area contributed by atoms with Gasteiger partial charge in [0, 0.05) is 0 Å². The molecular formula is C31H40N2O10. The Morgan fingerprint density at radius 3 is 1.77 bits per heavy atom. The van der Waals surface area contributed by atoms with Gasteiger partial charge in [0.25, 0.3) is 0 Å². The van der Waals surface area contributed by atoms with Crippen molar-refractivity contribution in [2.75, 3.05) is 13.2 Å². The van der Waals surface area contributed by atoms with Crippen LogP contribution >= 0.6 is 0 Å². The predicted octanol–water partition coefficient (Wildman–Crippen LogP) is 3.46. The van der Waals surface area contributed by atoms with Crippen LogP contribution in [0.1, 0.15) is 51.7 Å². The SMILES string of the molecule is CCOC(=O)[C@H](CCc1ccccc1)N[C@@H](C)C(=O)OC(=O)[C@H](C)N(OC(=O)O)[C@@H](CCc1ccccc1)C(=O)OCC. The first kappa shape index (κ1) is 34.9. The molecule has 0 bridgehead atoms. The molecule has 0 radical (unpaired) electrons. The van der Waals surface area contributed by atoms with E-state index in [9.17, 15) is 29.1 Å². The highest BCUT2D eigenvalue weighted by Gasteiger charge is 2.39. The van der Waals surface area contributed by atoms with Crippen molar-refractivity contribution in [1.82, 2.24) is 10.4 Å². The molecule has 0 saturated heterocycles. The zero-order chi connectivity index (χ0) is 31.8. The quantitative estimate of drug-likeness (QED) is 0.118. The van der Waals surface area contributed by atoms with E-state index in [1.165, 1.54) is 13.8 Å². The fraction of sp³-hybridized carbons (Fsp3) is 0.452. The fourth-order valence-electron chi connectivity index (χ4n) is 4.25. The van der Waals surface area contributed by atoms with Gasteiger partial charge in [-0.05, 0) is 64.5 Å². The highest BCUT2D eigenvalue weighted by atomic mass is 16.8. The molecule has 0 spiro atoms. The Morgan fingerprint density at radius 1 is 0.744 bits per heavy atom. The average molecular weight is 601 g/mol. The van der Waals surface area contributed by atoms with Gasteiger partial charge in [-0.1, -0.05) is 60.7 Å². The van der Waals surface area contributed by atoms with Gasteiger partial charge in [0.15, 0.2) is 0 Å². The Labute approximate surface area is 251 Å². The number of hydrogen-bond acceptors (Lipinski definition) is 11. The van der Waals surface area contributed by atoms with Gasteiger partial charge in [0.1, 0.15) is 24.2 Å². The van der Waals surface area contributed by atoms with Gasteiger partial charge in [-0.25, -0.2) is 14.4 Å². The molecule has 0 heterocycles. The average Bonchev–Trinajstić information content (AvgIpc) is 2.99. The monoisotopic (exact) mass is 600 g/mol. The van der Waals surface area contributed by atoms with E-state index in [1.54, 1.807) is 13.8 Å². The van der Waals surface area contributed by atoms with Gasteiger partial charge < -0.3 is 24.2 Å². The maximum Gasteiger partial charge on any atom is 0.525 e. The summed E-state index contributed by atoms with van der Waals surface area (Å²) in [6.07, 6.45) is -0.556. The van der Waals surface area contributed by atoms with Crippen LogP contribution in [-0.2, 0) is 51.1 Å². The van der Waals surface area contributed by atoms with E-state index in [0.717, 1.165) is 11.1 Å². The van der Waals surface area contributed by atoms with Crippen molar-refractivity contribution < 1.29 is 48.1 Å². The van der Waals surface area contributed by atoms with Gasteiger partial charge in [0.05, 0.1) is 13.2 Å². The Morgan fingerprint density at radius 2 is 1.26 bits per heavy atom. The van der Waals surface area contributed by atoms with Crippen molar-refractivity contribution in [3.05, 3.63) is 71.8 Å². The second-order valence-electron chi connectivity index (χ2n) is 9.64. The van der Waals surface area contributed by atoms with Gasteiger partial charge in [-0.3, -0.25) is 14.9 Å². The first-order valence-electron chi connectivity index (χ1n) is 14.2. The molecule has 0 aliphatic carbocycles. The van der Waals surface area contributed by atoms with E-state index in [4.69, 9.17) is 19.0 Å². The van der Waals surface area contributed by atoms with Crippen molar-refractivity contribution in [2.45, 2.75) is 77.5 Å². The molecule has 0 aliphatic rings. The molecule has 0 unspecified atom stereocenters. The number of rotatable bonds is 17. The number of carboxylic acid groups (broad SMARTS) is 1. The molecule has 12 nitrogen and oxygen atoms in total. The summed E-state index contributed by atoms with van der Waals surface area (Å²) in [6, 6.07) is 13.8. The summed E-state index contributed by atoms with van der Waals surface area (Å²) in [7, 11) is 0. The van der Waals surface area contributed by atoms with Crippen LogP contribution in [0.15, 0.2) is 60.7 Å². The summed E-state index contributed by atoms with van der Waals surface area (Å²) in [4.78, 5) is 67.7. The van der Waals surface area contributed by atoms with Crippen molar-refractivity contribution in [1.29, 1.82) is 0 Å². The first-order valence-corrected chi connectivity index (χ1v) is 14.2. The predicted molar refractivity (Wildman–Crippen MR) is 154 cm³/mol. The van der Waals surface area contributed by atoms with Crippen LogP contribution in [0, 0.1) is 0 Å². The van der Waals surface area contributed by atoms with Crippen LogP contribution in [0.4, 0.5) is 4.79 Å². The van der Waals surface area contributed by atoms with E-state index < -0.39 is 54.2 Å². The van der Waals surface area contributed by atoms with Gasteiger partial charge in [0.2, 0.25) is 0 Å². The number of aryl methyl sites for hydroxylation is 2. The van der Waals surface area contributed by atoms with Gasteiger partial charge in [-0.2, -0.15) is 0 Å². The topological polar surface area (TPSA) is 158 Å². The molecule has 234 valence electrons. The number of ether oxygens (including phenoxy) is 3. The summed E-state index contributed by atoms with van der Waals surface area (Å²) < 4.78 is 15.3. The number of nitrogens with zero attached hydrogens (tertiary/aromatic N) is 1. The smallest absolute Gasteiger partial charge is 0.465 e. The highest BCUT2D eigenvalue weighted by Crippen LogP contribution is 2.18. The Kier molecular flexibility index (Phi) is 14.8. The lowest BCUT2D eigenvalue weighted by molar-refractivity contribution is -0.203. The number of carbonyl (C=O) groups excluding carboxylic acids is 4. The Hall–Kier alpha value is -4.29. The van der Waals surface area contributed by atoms with Crippen LogP contribution in [0.25, 0.3) is 0 Å². The van der Waals surface area contributed by atoms with Crippen LogP contribution in [-0.4, -0.2) is 77.6 Å². The number of carbonyl (C=O) groups is 5. The number of hydrogen-bond donors (Lipinski definition) is 2. The van der Waals surface area contributed by atoms with E-state index in [0.29, 0.717) is 24.3 Å². The summed E-state index contributed by atoms with van der Waals surface area (Å²) in [5, 5.41) is 12.9. The maximum atomic E-state index is 13.0. The fourth-order valence-corrected chi connectivity index (χ4v) is 4.25. The maximum absolute atomic E-state index is 13.0. The second-order valence-corrected chi connectivity index (χ2v) is 9.64. The zero-order valence-electron chi connectivity index (χ0n) is 24.9.